The van der Waals surface area contributed by atoms with E-state index in [1.54, 1.807) is 4.90 Å². The van der Waals surface area contributed by atoms with E-state index in [0.717, 1.165) is 30.8 Å². The molecule has 1 atom stereocenters. The minimum atomic E-state index is -0.442. The van der Waals surface area contributed by atoms with Crippen molar-refractivity contribution in [2.24, 2.45) is 5.41 Å². The van der Waals surface area contributed by atoms with Gasteiger partial charge >= 0.3 is 6.09 Å². The third-order valence-electron chi connectivity index (χ3n) is 4.38. The van der Waals surface area contributed by atoms with Crippen LogP contribution in [0.3, 0.4) is 0 Å². The Labute approximate surface area is 139 Å². The quantitative estimate of drug-likeness (QED) is 0.775. The average molecular weight is 368 g/mol. The molecule has 5 nitrogen and oxygen atoms in total. The van der Waals surface area contributed by atoms with Crippen molar-refractivity contribution in [3.05, 3.63) is 28.5 Å². The van der Waals surface area contributed by atoms with Crippen molar-refractivity contribution < 1.29 is 9.53 Å². The fourth-order valence-electron chi connectivity index (χ4n) is 3.37. The monoisotopic (exact) mass is 367 g/mol. The summed E-state index contributed by atoms with van der Waals surface area (Å²) in [5, 5.41) is 3.47. The lowest BCUT2D eigenvalue weighted by atomic mass is 9.69. The third kappa shape index (κ3) is 2.99. The number of amides is 1. The van der Waals surface area contributed by atoms with E-state index in [9.17, 15) is 4.79 Å². The number of carbonyl (C=O) groups excluding carboxylic acids is 1. The molecule has 2 aliphatic heterocycles. The molecule has 3 heterocycles. The van der Waals surface area contributed by atoms with Gasteiger partial charge in [-0.2, -0.15) is 0 Å². The molecule has 2 saturated heterocycles. The molecule has 1 unspecified atom stereocenters. The predicted molar refractivity (Wildman–Crippen MR) is 87.8 cm³/mol. The van der Waals surface area contributed by atoms with Crippen molar-refractivity contribution in [3.8, 4) is 0 Å². The van der Waals surface area contributed by atoms with Crippen molar-refractivity contribution in [2.45, 2.75) is 32.3 Å². The molecule has 120 valence electrons. The number of hydrogen-bond acceptors (Lipinski definition) is 4. The number of ether oxygens (including phenoxy) is 1. The van der Waals surface area contributed by atoms with E-state index < -0.39 is 5.60 Å². The molecule has 2 fully saturated rings. The topological polar surface area (TPSA) is 54.5 Å². The Morgan fingerprint density at radius 2 is 2.18 bits per heavy atom. The van der Waals surface area contributed by atoms with Gasteiger partial charge in [0.1, 0.15) is 10.2 Å². The first-order chi connectivity index (χ1) is 10.3. The molecule has 1 aromatic rings. The van der Waals surface area contributed by atoms with Crippen molar-refractivity contribution in [1.82, 2.24) is 15.2 Å². The highest BCUT2D eigenvalue weighted by atomic mass is 79.9. The fraction of sp³-hybridized carbons (Fsp3) is 0.625. The van der Waals surface area contributed by atoms with E-state index in [-0.39, 0.29) is 11.5 Å². The minimum Gasteiger partial charge on any atom is -0.444 e. The molecule has 1 N–H and O–H groups in total. The first-order valence-corrected chi connectivity index (χ1v) is 8.38. The lowest BCUT2D eigenvalue weighted by Crippen LogP contribution is -2.62. The summed E-state index contributed by atoms with van der Waals surface area (Å²) < 4.78 is 6.30. The molecular formula is C16H22BrN3O2. The molecule has 3 rings (SSSR count). The van der Waals surface area contributed by atoms with Crippen LogP contribution >= 0.6 is 15.9 Å². The lowest BCUT2D eigenvalue weighted by molar-refractivity contribution is -0.0328. The molecular weight excluding hydrogens is 346 g/mol. The predicted octanol–water partition coefficient (Wildman–Crippen LogP) is 2.77. The molecule has 2 aliphatic rings. The molecule has 1 amide bonds. The first-order valence-electron chi connectivity index (χ1n) is 7.59. The molecule has 22 heavy (non-hydrogen) atoms. The summed E-state index contributed by atoms with van der Waals surface area (Å²) in [6.07, 6.45) is 1.72. The smallest absolute Gasteiger partial charge is 0.410 e. The highest BCUT2D eigenvalue weighted by Gasteiger charge is 2.54. The number of nitrogens with one attached hydrogen (secondary N) is 1. The summed E-state index contributed by atoms with van der Waals surface area (Å²) in [6.45, 7) is 9.05. The van der Waals surface area contributed by atoms with Crippen LogP contribution in [-0.2, 0) is 4.74 Å². The van der Waals surface area contributed by atoms with Crippen LogP contribution in [-0.4, -0.2) is 47.8 Å². The van der Waals surface area contributed by atoms with Gasteiger partial charge in [0.25, 0.3) is 0 Å². The minimum absolute atomic E-state index is 0.117. The van der Waals surface area contributed by atoms with Crippen LogP contribution in [0.15, 0.2) is 22.9 Å². The van der Waals surface area contributed by atoms with Gasteiger partial charge in [0, 0.05) is 43.7 Å². The van der Waals surface area contributed by atoms with Crippen LogP contribution in [0.25, 0.3) is 0 Å². The number of aromatic nitrogens is 1. The van der Waals surface area contributed by atoms with E-state index in [4.69, 9.17) is 4.74 Å². The van der Waals surface area contributed by atoms with Gasteiger partial charge in [-0.05, 0) is 48.3 Å². The van der Waals surface area contributed by atoms with Crippen LogP contribution in [0.5, 0.6) is 0 Å². The van der Waals surface area contributed by atoms with E-state index in [1.165, 1.54) is 5.56 Å². The Kier molecular flexibility index (Phi) is 3.93. The molecule has 0 aliphatic carbocycles. The van der Waals surface area contributed by atoms with E-state index >= 15 is 0 Å². The van der Waals surface area contributed by atoms with E-state index in [1.807, 2.05) is 33.0 Å². The SMILES string of the molecule is CC(C)(C)OC(=O)N1CC2(CNCC2c2ccc(Br)nc2)C1. The standard InChI is InChI=1S/C16H22BrN3O2/c1-15(2,3)22-14(21)20-9-16(10-20)8-18-7-12(16)11-4-5-13(17)19-6-11/h4-6,12,18H,7-10H2,1-3H3. The number of nitrogens with zero attached hydrogens (tertiary/aromatic N) is 2. The van der Waals surface area contributed by atoms with Crippen molar-refractivity contribution >= 4 is 22.0 Å². The molecule has 0 radical (unpaired) electrons. The summed E-state index contributed by atoms with van der Waals surface area (Å²) in [5.74, 6) is 0.395. The number of halogens is 1. The molecule has 0 bridgehead atoms. The van der Waals surface area contributed by atoms with Gasteiger partial charge in [0.15, 0.2) is 0 Å². The number of rotatable bonds is 1. The Morgan fingerprint density at radius 3 is 2.77 bits per heavy atom. The second kappa shape index (κ2) is 5.49. The van der Waals surface area contributed by atoms with Crippen LogP contribution < -0.4 is 5.32 Å². The summed E-state index contributed by atoms with van der Waals surface area (Å²) in [4.78, 5) is 18.3. The van der Waals surface area contributed by atoms with Crippen LogP contribution in [0, 0.1) is 5.41 Å². The van der Waals surface area contributed by atoms with E-state index in [2.05, 4.69) is 32.3 Å². The Balaban J connectivity index is 1.68. The molecule has 0 aromatic carbocycles. The highest BCUT2D eigenvalue weighted by molar-refractivity contribution is 9.10. The normalized spacial score (nSPS) is 23.5. The zero-order valence-corrected chi connectivity index (χ0v) is 14.8. The van der Waals surface area contributed by atoms with Crippen LogP contribution in [0.4, 0.5) is 4.79 Å². The van der Waals surface area contributed by atoms with Gasteiger partial charge in [-0.25, -0.2) is 9.78 Å². The average Bonchev–Trinajstić information content (AvgIpc) is 2.80. The highest BCUT2D eigenvalue weighted by Crippen LogP contribution is 2.46. The Morgan fingerprint density at radius 1 is 1.45 bits per heavy atom. The van der Waals surface area contributed by atoms with Gasteiger partial charge in [0.2, 0.25) is 0 Å². The summed E-state index contributed by atoms with van der Waals surface area (Å²) in [7, 11) is 0. The molecule has 1 aromatic heterocycles. The van der Waals surface area contributed by atoms with Gasteiger partial charge in [0.05, 0.1) is 0 Å². The number of likely N-dealkylation sites (tertiary alicyclic amines) is 1. The van der Waals surface area contributed by atoms with Crippen molar-refractivity contribution in [2.75, 3.05) is 26.2 Å². The van der Waals surface area contributed by atoms with E-state index in [0.29, 0.717) is 5.92 Å². The molecule has 0 saturated carbocycles. The summed E-state index contributed by atoms with van der Waals surface area (Å²) >= 11 is 3.37. The Bertz CT molecular complexity index is 562. The zero-order chi connectivity index (χ0) is 16.0. The largest absolute Gasteiger partial charge is 0.444 e. The molecule has 6 heteroatoms. The molecule has 1 spiro atoms. The summed E-state index contributed by atoms with van der Waals surface area (Å²) in [6, 6.07) is 4.10. The number of pyridine rings is 1. The van der Waals surface area contributed by atoms with Crippen molar-refractivity contribution in [3.63, 3.8) is 0 Å². The number of carbonyl (C=O) groups is 1. The van der Waals surface area contributed by atoms with Gasteiger partial charge in [-0.1, -0.05) is 6.07 Å². The fourth-order valence-corrected chi connectivity index (χ4v) is 3.61. The van der Waals surface area contributed by atoms with Gasteiger partial charge < -0.3 is 15.0 Å². The number of hydrogen-bond donors (Lipinski definition) is 1. The Hall–Kier alpha value is -1.14. The second-order valence-corrected chi connectivity index (χ2v) is 8.11. The zero-order valence-electron chi connectivity index (χ0n) is 13.2. The third-order valence-corrected chi connectivity index (χ3v) is 4.85. The van der Waals surface area contributed by atoms with Gasteiger partial charge in [-0.15, -0.1) is 0 Å². The first kappa shape index (κ1) is 15.7. The van der Waals surface area contributed by atoms with Gasteiger partial charge in [-0.3, -0.25) is 0 Å². The van der Waals surface area contributed by atoms with Crippen molar-refractivity contribution in [1.29, 1.82) is 0 Å². The maximum Gasteiger partial charge on any atom is 0.410 e. The second-order valence-electron chi connectivity index (χ2n) is 7.30. The maximum absolute atomic E-state index is 12.1. The maximum atomic E-state index is 12.1. The lowest BCUT2D eigenvalue weighted by Gasteiger charge is -2.50. The van der Waals surface area contributed by atoms with Crippen LogP contribution in [0.1, 0.15) is 32.3 Å². The summed E-state index contributed by atoms with van der Waals surface area (Å²) in [5.41, 5.74) is 0.909. The van der Waals surface area contributed by atoms with Crippen LogP contribution in [0.2, 0.25) is 0 Å².